The fourth-order valence-corrected chi connectivity index (χ4v) is 2.76. The molecule has 1 heterocycles. The third-order valence-corrected chi connectivity index (χ3v) is 4.04. The Bertz CT molecular complexity index is 993. The summed E-state index contributed by atoms with van der Waals surface area (Å²) >= 11 is 0. The van der Waals surface area contributed by atoms with Gasteiger partial charge < -0.3 is 15.2 Å². The first-order valence-electron chi connectivity index (χ1n) is 8.74. The molecule has 0 aliphatic heterocycles. The molecule has 0 aliphatic carbocycles. The second kappa shape index (κ2) is 8.39. The average Bonchev–Trinajstić information content (AvgIpc) is 3.03. The van der Waals surface area contributed by atoms with Crippen LogP contribution in [0.25, 0.3) is 5.69 Å². The highest BCUT2D eigenvalue weighted by molar-refractivity contribution is 5.92. The Morgan fingerprint density at radius 3 is 2.43 bits per heavy atom. The van der Waals surface area contributed by atoms with Crippen molar-refractivity contribution in [2.45, 2.75) is 20.5 Å². The highest BCUT2D eigenvalue weighted by Crippen LogP contribution is 2.20. The molecular weight excluding hydrogens is 358 g/mol. The van der Waals surface area contributed by atoms with Crippen molar-refractivity contribution in [3.8, 4) is 11.4 Å². The molecule has 0 saturated carbocycles. The molecular formula is C21H21N3O4. The van der Waals surface area contributed by atoms with Crippen LogP contribution in [0, 0.1) is 13.8 Å². The molecule has 3 aromatic rings. The zero-order valence-electron chi connectivity index (χ0n) is 15.7. The maximum atomic E-state index is 12.4. The van der Waals surface area contributed by atoms with Crippen molar-refractivity contribution in [1.82, 2.24) is 9.78 Å². The van der Waals surface area contributed by atoms with E-state index >= 15 is 0 Å². The van der Waals surface area contributed by atoms with E-state index in [1.165, 1.54) is 0 Å². The van der Waals surface area contributed by atoms with Gasteiger partial charge in [-0.1, -0.05) is 24.3 Å². The number of benzene rings is 2. The van der Waals surface area contributed by atoms with E-state index in [1.807, 2.05) is 48.9 Å². The van der Waals surface area contributed by atoms with E-state index < -0.39 is 11.9 Å². The molecule has 1 amide bonds. The lowest BCUT2D eigenvalue weighted by atomic mass is 10.2. The topological polar surface area (TPSA) is 96.4 Å². The third-order valence-electron chi connectivity index (χ3n) is 4.04. The van der Waals surface area contributed by atoms with Crippen molar-refractivity contribution < 1.29 is 19.1 Å². The van der Waals surface area contributed by atoms with Crippen molar-refractivity contribution in [3.63, 3.8) is 0 Å². The molecule has 0 spiro atoms. The van der Waals surface area contributed by atoms with Gasteiger partial charge in [-0.25, -0.2) is 9.48 Å². The Labute approximate surface area is 162 Å². The van der Waals surface area contributed by atoms with Gasteiger partial charge >= 0.3 is 5.97 Å². The summed E-state index contributed by atoms with van der Waals surface area (Å²) in [5.41, 5.74) is 9.09. The first-order chi connectivity index (χ1) is 13.4. The monoisotopic (exact) mass is 379 g/mol. The maximum Gasteiger partial charge on any atom is 0.342 e. The van der Waals surface area contributed by atoms with Gasteiger partial charge in [0, 0.05) is 5.69 Å². The number of ether oxygens (including phenoxy) is 2. The summed E-state index contributed by atoms with van der Waals surface area (Å²) in [6.45, 7) is 3.74. The average molecular weight is 379 g/mol. The van der Waals surface area contributed by atoms with Crippen LogP contribution in [0.1, 0.15) is 27.3 Å². The Kier molecular flexibility index (Phi) is 5.74. The minimum Gasteiger partial charge on any atom is -0.483 e. The zero-order valence-corrected chi connectivity index (χ0v) is 15.7. The van der Waals surface area contributed by atoms with E-state index in [-0.39, 0.29) is 24.5 Å². The van der Waals surface area contributed by atoms with E-state index in [9.17, 15) is 9.59 Å². The van der Waals surface area contributed by atoms with Gasteiger partial charge in [-0.2, -0.15) is 5.10 Å². The van der Waals surface area contributed by atoms with E-state index in [0.29, 0.717) is 0 Å². The van der Waals surface area contributed by atoms with E-state index in [0.717, 1.165) is 22.6 Å². The largest absolute Gasteiger partial charge is 0.483 e. The fraction of sp³-hybridized carbons (Fsp3) is 0.190. The standard InChI is InChI=1S/C21H21N3O4/c1-14-11-15(2)24(23-14)17-9-7-16(8-10-17)12-28-21(26)18-5-3-4-6-19(18)27-13-20(22)25/h3-11H,12-13H2,1-2H3,(H2,22,25). The van der Waals surface area contributed by atoms with E-state index in [4.69, 9.17) is 15.2 Å². The molecule has 3 rings (SSSR count). The number of carbonyl (C=O) groups excluding carboxylic acids is 2. The van der Waals surface area contributed by atoms with Gasteiger partial charge in [0.25, 0.3) is 5.91 Å². The fourth-order valence-electron chi connectivity index (χ4n) is 2.76. The zero-order chi connectivity index (χ0) is 20.1. The van der Waals surface area contributed by atoms with Crippen molar-refractivity contribution in [2.24, 2.45) is 5.73 Å². The normalized spacial score (nSPS) is 10.5. The molecule has 0 aliphatic rings. The Morgan fingerprint density at radius 1 is 1.07 bits per heavy atom. The van der Waals surface area contributed by atoms with E-state index in [1.54, 1.807) is 24.3 Å². The smallest absolute Gasteiger partial charge is 0.342 e. The second-order valence-electron chi connectivity index (χ2n) is 6.33. The molecule has 144 valence electrons. The van der Waals surface area contributed by atoms with Crippen molar-refractivity contribution >= 4 is 11.9 Å². The van der Waals surface area contributed by atoms with Crippen molar-refractivity contribution in [1.29, 1.82) is 0 Å². The molecule has 0 fully saturated rings. The molecule has 2 aromatic carbocycles. The first kappa shape index (κ1) is 19.2. The third kappa shape index (κ3) is 4.56. The molecule has 0 unspecified atom stereocenters. The lowest BCUT2D eigenvalue weighted by molar-refractivity contribution is -0.119. The molecule has 28 heavy (non-hydrogen) atoms. The van der Waals surface area contributed by atoms with Crippen molar-refractivity contribution in [3.05, 3.63) is 77.1 Å². The number of nitrogens with zero attached hydrogens (tertiary/aromatic N) is 2. The number of para-hydroxylation sites is 1. The summed E-state index contributed by atoms with van der Waals surface area (Å²) in [6, 6.07) is 16.2. The Hall–Kier alpha value is -3.61. The van der Waals surface area contributed by atoms with Crippen LogP contribution < -0.4 is 10.5 Å². The molecule has 7 nitrogen and oxygen atoms in total. The Balaban J connectivity index is 1.65. The molecule has 7 heteroatoms. The summed E-state index contributed by atoms with van der Waals surface area (Å²) in [5.74, 6) is -0.903. The van der Waals surface area contributed by atoms with Gasteiger partial charge in [0.05, 0.1) is 11.4 Å². The first-order valence-corrected chi connectivity index (χ1v) is 8.74. The number of primary amides is 1. The van der Waals surface area contributed by atoms with Crippen molar-refractivity contribution in [2.75, 3.05) is 6.61 Å². The summed E-state index contributed by atoms with van der Waals surface area (Å²) < 4.78 is 12.5. The van der Waals surface area contributed by atoms with Gasteiger partial charge in [-0.15, -0.1) is 0 Å². The molecule has 0 bridgehead atoms. The van der Waals surface area contributed by atoms with Crippen LogP contribution >= 0.6 is 0 Å². The van der Waals surface area contributed by atoms with Gasteiger partial charge in [0.15, 0.2) is 6.61 Å². The van der Waals surface area contributed by atoms with Crippen LogP contribution in [0.15, 0.2) is 54.6 Å². The van der Waals surface area contributed by atoms with Crippen LogP contribution in [0.2, 0.25) is 0 Å². The number of hydrogen-bond donors (Lipinski definition) is 1. The molecule has 0 atom stereocenters. The second-order valence-corrected chi connectivity index (χ2v) is 6.33. The van der Waals surface area contributed by atoms with Gasteiger partial charge in [-0.05, 0) is 49.7 Å². The molecule has 0 saturated heterocycles. The minimum atomic E-state index is -0.620. The quantitative estimate of drug-likeness (QED) is 0.637. The lowest BCUT2D eigenvalue weighted by Crippen LogP contribution is -2.21. The van der Waals surface area contributed by atoms with Crippen LogP contribution in [-0.4, -0.2) is 28.3 Å². The molecule has 2 N–H and O–H groups in total. The number of hydrogen-bond acceptors (Lipinski definition) is 5. The number of aryl methyl sites for hydroxylation is 2. The lowest BCUT2D eigenvalue weighted by Gasteiger charge is -2.11. The highest BCUT2D eigenvalue weighted by atomic mass is 16.5. The molecule has 1 aromatic heterocycles. The van der Waals surface area contributed by atoms with Gasteiger partial charge in [-0.3, -0.25) is 4.79 Å². The predicted molar refractivity (Wildman–Crippen MR) is 103 cm³/mol. The molecule has 0 radical (unpaired) electrons. The van der Waals surface area contributed by atoms with Crippen LogP contribution in [0.5, 0.6) is 5.75 Å². The Morgan fingerprint density at radius 2 is 1.79 bits per heavy atom. The van der Waals surface area contributed by atoms with Gasteiger partial charge in [0.2, 0.25) is 0 Å². The van der Waals surface area contributed by atoms with Crippen LogP contribution in [0.3, 0.4) is 0 Å². The van der Waals surface area contributed by atoms with E-state index in [2.05, 4.69) is 5.10 Å². The summed E-state index contributed by atoms with van der Waals surface area (Å²) in [7, 11) is 0. The SMILES string of the molecule is Cc1cc(C)n(-c2ccc(COC(=O)c3ccccc3OCC(N)=O)cc2)n1. The van der Waals surface area contributed by atoms with Crippen LogP contribution in [0.4, 0.5) is 0 Å². The number of amides is 1. The maximum absolute atomic E-state index is 12.4. The summed E-state index contributed by atoms with van der Waals surface area (Å²) in [6.07, 6.45) is 0. The van der Waals surface area contributed by atoms with Gasteiger partial charge in [0.1, 0.15) is 17.9 Å². The summed E-state index contributed by atoms with van der Waals surface area (Å²) in [4.78, 5) is 23.3. The summed E-state index contributed by atoms with van der Waals surface area (Å²) in [5, 5.41) is 4.45. The minimum absolute atomic E-state index is 0.111. The number of aromatic nitrogens is 2. The highest BCUT2D eigenvalue weighted by Gasteiger charge is 2.14. The number of nitrogens with two attached hydrogens (primary N) is 1. The predicted octanol–water partition coefficient (Wildman–Crippen LogP) is 2.71. The van der Waals surface area contributed by atoms with Crippen LogP contribution in [-0.2, 0) is 16.1 Å². The number of rotatable bonds is 7. The number of esters is 1. The number of carbonyl (C=O) groups is 2.